The molecule has 0 atom stereocenters. The molecule has 2 rings (SSSR count). The van der Waals surface area contributed by atoms with Crippen LogP contribution in [0.4, 0.5) is 0 Å². The Morgan fingerprint density at radius 3 is 2.64 bits per heavy atom. The highest BCUT2D eigenvalue weighted by atomic mass is 32.2. The number of thioether (sulfide) groups is 1. The number of aryl methyl sites for hydroxylation is 1. The lowest BCUT2D eigenvalue weighted by molar-refractivity contribution is -0.127. The first kappa shape index (κ1) is 18.8. The van der Waals surface area contributed by atoms with Gasteiger partial charge in [0.25, 0.3) is 5.56 Å². The molecule has 0 saturated heterocycles. The standard InChI is InChI=1S/C16H21N5O3S/c1-4-24-13-7-5-12(6-8-13)9-20(3)14(22)10-25-16-19-18-11(2)15(23)21(16)17/h5-8H,4,9-10,17H2,1-3H3. The number of ether oxygens (including phenoxy) is 1. The summed E-state index contributed by atoms with van der Waals surface area (Å²) in [6.07, 6.45) is 0. The number of nitrogen functional groups attached to an aromatic ring is 1. The number of hydrogen-bond donors (Lipinski definition) is 1. The summed E-state index contributed by atoms with van der Waals surface area (Å²) >= 11 is 1.08. The topological polar surface area (TPSA) is 103 Å². The largest absolute Gasteiger partial charge is 0.494 e. The first-order chi connectivity index (χ1) is 11.9. The van der Waals surface area contributed by atoms with Crippen LogP contribution in [0.25, 0.3) is 0 Å². The van der Waals surface area contributed by atoms with Crippen LogP contribution in [-0.2, 0) is 11.3 Å². The van der Waals surface area contributed by atoms with Gasteiger partial charge in [-0.25, -0.2) is 0 Å². The maximum absolute atomic E-state index is 12.3. The number of amides is 1. The highest BCUT2D eigenvalue weighted by Gasteiger charge is 2.13. The zero-order valence-electron chi connectivity index (χ0n) is 14.4. The quantitative estimate of drug-likeness (QED) is 0.573. The Hall–Kier alpha value is -2.55. The summed E-state index contributed by atoms with van der Waals surface area (Å²) in [6.45, 7) is 4.55. The molecule has 25 heavy (non-hydrogen) atoms. The number of hydrogen-bond acceptors (Lipinski definition) is 7. The molecule has 0 bridgehead atoms. The summed E-state index contributed by atoms with van der Waals surface area (Å²) in [5.41, 5.74) is 0.786. The summed E-state index contributed by atoms with van der Waals surface area (Å²) in [5.74, 6) is 6.46. The van der Waals surface area contributed by atoms with Crippen molar-refractivity contribution in [2.75, 3.05) is 25.3 Å². The molecule has 0 unspecified atom stereocenters. The van der Waals surface area contributed by atoms with Crippen molar-refractivity contribution in [3.63, 3.8) is 0 Å². The molecule has 2 aromatic rings. The van der Waals surface area contributed by atoms with E-state index >= 15 is 0 Å². The van der Waals surface area contributed by atoms with Crippen LogP contribution in [0.5, 0.6) is 5.75 Å². The van der Waals surface area contributed by atoms with Crippen LogP contribution in [0, 0.1) is 6.92 Å². The van der Waals surface area contributed by atoms with Gasteiger partial charge in [-0.1, -0.05) is 23.9 Å². The first-order valence-corrected chi connectivity index (χ1v) is 8.70. The number of benzene rings is 1. The van der Waals surface area contributed by atoms with Gasteiger partial charge < -0.3 is 15.5 Å². The highest BCUT2D eigenvalue weighted by molar-refractivity contribution is 7.99. The van der Waals surface area contributed by atoms with Crippen LogP contribution in [0.15, 0.2) is 34.2 Å². The van der Waals surface area contributed by atoms with Gasteiger partial charge in [0.05, 0.1) is 12.4 Å². The number of rotatable bonds is 7. The second-order valence-electron chi connectivity index (χ2n) is 5.36. The minimum atomic E-state index is -0.423. The third kappa shape index (κ3) is 4.96. The molecule has 8 nitrogen and oxygen atoms in total. The maximum atomic E-state index is 12.3. The summed E-state index contributed by atoms with van der Waals surface area (Å²) in [6, 6.07) is 7.59. The average molecular weight is 363 g/mol. The SMILES string of the molecule is CCOc1ccc(CN(C)C(=O)CSc2nnc(C)c(=O)n2N)cc1. The number of nitrogens with zero attached hydrogens (tertiary/aromatic N) is 4. The lowest BCUT2D eigenvalue weighted by atomic mass is 10.2. The second-order valence-corrected chi connectivity index (χ2v) is 6.30. The third-order valence-corrected chi connectivity index (χ3v) is 4.35. The molecule has 9 heteroatoms. The minimum Gasteiger partial charge on any atom is -0.494 e. The molecule has 2 N–H and O–H groups in total. The van der Waals surface area contributed by atoms with Crippen molar-refractivity contribution in [2.45, 2.75) is 25.5 Å². The molecule has 0 radical (unpaired) electrons. The van der Waals surface area contributed by atoms with E-state index in [-0.39, 0.29) is 22.5 Å². The predicted octanol–water partition coefficient (Wildman–Crippen LogP) is 0.810. The van der Waals surface area contributed by atoms with Crippen LogP contribution in [0.3, 0.4) is 0 Å². The fraction of sp³-hybridized carbons (Fsp3) is 0.375. The number of aromatic nitrogens is 3. The van der Waals surface area contributed by atoms with Gasteiger partial charge in [0.1, 0.15) is 11.4 Å². The predicted molar refractivity (Wildman–Crippen MR) is 96.0 cm³/mol. The zero-order chi connectivity index (χ0) is 18.4. The van der Waals surface area contributed by atoms with Crippen LogP contribution in [0.1, 0.15) is 18.2 Å². The Morgan fingerprint density at radius 1 is 1.32 bits per heavy atom. The van der Waals surface area contributed by atoms with E-state index < -0.39 is 5.56 Å². The van der Waals surface area contributed by atoms with Gasteiger partial charge in [-0.2, -0.15) is 4.68 Å². The lowest BCUT2D eigenvalue weighted by Gasteiger charge is -2.17. The molecule has 0 spiro atoms. The van der Waals surface area contributed by atoms with E-state index in [0.29, 0.717) is 13.2 Å². The maximum Gasteiger partial charge on any atom is 0.294 e. The number of carbonyl (C=O) groups is 1. The molecular weight excluding hydrogens is 342 g/mol. The molecule has 134 valence electrons. The van der Waals surface area contributed by atoms with Gasteiger partial charge in [0.15, 0.2) is 0 Å². The van der Waals surface area contributed by atoms with Crippen molar-refractivity contribution in [3.05, 3.63) is 45.9 Å². The van der Waals surface area contributed by atoms with Gasteiger partial charge >= 0.3 is 0 Å². The van der Waals surface area contributed by atoms with E-state index in [0.717, 1.165) is 27.8 Å². The molecule has 1 heterocycles. The van der Waals surface area contributed by atoms with Gasteiger partial charge in [-0.15, -0.1) is 10.2 Å². The Morgan fingerprint density at radius 2 is 2.00 bits per heavy atom. The Bertz CT molecular complexity index is 791. The molecule has 0 aliphatic heterocycles. The average Bonchev–Trinajstić information content (AvgIpc) is 2.60. The number of nitrogens with two attached hydrogens (primary N) is 1. The van der Waals surface area contributed by atoms with E-state index in [9.17, 15) is 9.59 Å². The third-order valence-electron chi connectivity index (χ3n) is 3.42. The smallest absolute Gasteiger partial charge is 0.294 e. The molecule has 1 aromatic carbocycles. The van der Waals surface area contributed by atoms with Crippen LogP contribution in [-0.4, -0.2) is 45.1 Å². The number of carbonyl (C=O) groups excluding carboxylic acids is 1. The fourth-order valence-corrected chi connectivity index (χ4v) is 2.82. The Kier molecular flexibility index (Phi) is 6.40. The van der Waals surface area contributed by atoms with E-state index in [4.69, 9.17) is 10.6 Å². The van der Waals surface area contributed by atoms with E-state index in [2.05, 4.69) is 10.2 Å². The summed E-state index contributed by atoms with van der Waals surface area (Å²) in [5, 5.41) is 7.79. The highest BCUT2D eigenvalue weighted by Crippen LogP contribution is 2.15. The van der Waals surface area contributed by atoms with Crippen LogP contribution < -0.4 is 16.1 Å². The second kappa shape index (κ2) is 8.52. The molecule has 0 saturated carbocycles. The van der Waals surface area contributed by atoms with Crippen molar-refractivity contribution in [3.8, 4) is 5.75 Å². The van der Waals surface area contributed by atoms with E-state index in [1.54, 1.807) is 11.9 Å². The van der Waals surface area contributed by atoms with E-state index in [1.807, 2.05) is 31.2 Å². The monoisotopic (exact) mass is 363 g/mol. The van der Waals surface area contributed by atoms with Gasteiger partial charge in [0.2, 0.25) is 11.1 Å². The molecule has 0 fully saturated rings. The summed E-state index contributed by atoms with van der Waals surface area (Å²) < 4.78 is 6.30. The fourth-order valence-electron chi connectivity index (χ4n) is 2.02. The van der Waals surface area contributed by atoms with E-state index in [1.165, 1.54) is 6.92 Å². The zero-order valence-corrected chi connectivity index (χ0v) is 15.2. The van der Waals surface area contributed by atoms with Crippen LogP contribution >= 0.6 is 11.8 Å². The van der Waals surface area contributed by atoms with Crippen molar-refractivity contribution in [1.82, 2.24) is 19.8 Å². The summed E-state index contributed by atoms with van der Waals surface area (Å²) in [4.78, 5) is 25.6. The van der Waals surface area contributed by atoms with Crippen molar-refractivity contribution >= 4 is 17.7 Å². The lowest BCUT2D eigenvalue weighted by Crippen LogP contribution is -2.33. The molecule has 0 aliphatic carbocycles. The van der Waals surface area contributed by atoms with Crippen molar-refractivity contribution in [1.29, 1.82) is 0 Å². The van der Waals surface area contributed by atoms with Gasteiger partial charge in [-0.05, 0) is 31.5 Å². The molecule has 1 amide bonds. The Labute approximate surface area is 150 Å². The molecule has 0 aliphatic rings. The molecular formula is C16H21N5O3S. The summed E-state index contributed by atoms with van der Waals surface area (Å²) in [7, 11) is 1.72. The first-order valence-electron chi connectivity index (χ1n) is 7.72. The van der Waals surface area contributed by atoms with Gasteiger partial charge in [-0.3, -0.25) is 9.59 Å². The Balaban J connectivity index is 1.92. The normalized spacial score (nSPS) is 10.5. The minimum absolute atomic E-state index is 0.103. The van der Waals surface area contributed by atoms with Crippen LogP contribution in [0.2, 0.25) is 0 Å². The van der Waals surface area contributed by atoms with Crippen molar-refractivity contribution < 1.29 is 9.53 Å². The molecule has 1 aromatic heterocycles. The van der Waals surface area contributed by atoms with Gasteiger partial charge in [0, 0.05) is 13.6 Å². The van der Waals surface area contributed by atoms with Crippen molar-refractivity contribution in [2.24, 2.45) is 0 Å².